The molecule has 0 unspecified atom stereocenters. The maximum Gasteiger partial charge on any atom is 0.305 e. The Hall–Kier alpha value is -2.50. The average molecular weight is 671 g/mol. The van der Waals surface area contributed by atoms with E-state index in [9.17, 15) is 9.59 Å². The Morgan fingerprint density at radius 1 is 0.479 bits per heavy atom. The van der Waals surface area contributed by atoms with Crippen molar-refractivity contribution in [3.63, 3.8) is 0 Å². The van der Waals surface area contributed by atoms with E-state index in [4.69, 9.17) is 0 Å². The molecule has 0 N–H and O–H groups in total. The Morgan fingerprint density at radius 2 is 0.792 bits per heavy atom. The van der Waals surface area contributed by atoms with Gasteiger partial charge in [-0.15, -0.1) is 0 Å². The summed E-state index contributed by atoms with van der Waals surface area (Å²) < 4.78 is 13.9. The molecule has 0 saturated carbocycles. The van der Waals surface area contributed by atoms with Gasteiger partial charge in [-0.1, -0.05) is 104 Å². The standard InChI is InChI=1S/2C21H37NO2/c1-4-5-6-12-15-20-17-19(18-22(20)2)14-11-9-7-8-10-13-16-21(23)24-3;1-4-5-6-11-14-19-17-20(22(2)18-19)15-12-9-7-8-10-13-16-21(23)24-3/h2*17-18H,4-16H2,1-3H3. The molecule has 0 aliphatic heterocycles. The van der Waals surface area contributed by atoms with Crippen molar-refractivity contribution in [2.45, 2.75) is 181 Å². The van der Waals surface area contributed by atoms with E-state index in [-0.39, 0.29) is 11.9 Å². The van der Waals surface area contributed by atoms with Crippen LogP contribution in [0.25, 0.3) is 0 Å². The molecular formula is C42H74N2O4. The molecule has 6 heteroatoms. The number of aryl methyl sites for hydroxylation is 6. The number of unbranched alkanes of at least 4 members (excludes halogenated alkanes) is 16. The number of hydrogen-bond acceptors (Lipinski definition) is 4. The molecule has 2 rings (SSSR count). The predicted octanol–water partition coefficient (Wildman–Crippen LogP) is 11.2. The third-order valence-corrected chi connectivity index (χ3v) is 9.55. The Kier molecular flexibility index (Phi) is 26.7. The van der Waals surface area contributed by atoms with Crippen LogP contribution < -0.4 is 0 Å². The summed E-state index contributed by atoms with van der Waals surface area (Å²) in [5.74, 6) is -0.159. The summed E-state index contributed by atoms with van der Waals surface area (Å²) in [5, 5.41) is 0. The van der Waals surface area contributed by atoms with Crippen LogP contribution in [0.5, 0.6) is 0 Å². The lowest BCUT2D eigenvalue weighted by molar-refractivity contribution is -0.141. The highest BCUT2D eigenvalue weighted by Gasteiger charge is 2.06. The predicted molar refractivity (Wildman–Crippen MR) is 203 cm³/mol. The van der Waals surface area contributed by atoms with E-state index in [1.807, 2.05) is 0 Å². The van der Waals surface area contributed by atoms with E-state index in [1.165, 1.54) is 165 Å². The first kappa shape index (κ1) is 43.5. The van der Waals surface area contributed by atoms with Crippen molar-refractivity contribution in [3.8, 4) is 0 Å². The van der Waals surface area contributed by atoms with E-state index in [0.717, 1.165) is 25.7 Å². The van der Waals surface area contributed by atoms with Crippen molar-refractivity contribution in [1.82, 2.24) is 9.13 Å². The van der Waals surface area contributed by atoms with Gasteiger partial charge in [-0.25, -0.2) is 0 Å². The second-order valence-electron chi connectivity index (χ2n) is 13.9. The minimum Gasteiger partial charge on any atom is -0.469 e. The molecule has 48 heavy (non-hydrogen) atoms. The van der Waals surface area contributed by atoms with Crippen molar-refractivity contribution in [2.24, 2.45) is 14.1 Å². The Bertz CT molecular complexity index is 1070. The zero-order valence-corrected chi connectivity index (χ0v) is 32.2. The van der Waals surface area contributed by atoms with Gasteiger partial charge < -0.3 is 18.6 Å². The van der Waals surface area contributed by atoms with Gasteiger partial charge in [0.2, 0.25) is 0 Å². The molecule has 0 amide bonds. The topological polar surface area (TPSA) is 62.5 Å². The van der Waals surface area contributed by atoms with Gasteiger partial charge in [0.15, 0.2) is 0 Å². The molecule has 0 saturated heterocycles. The highest BCUT2D eigenvalue weighted by atomic mass is 16.5. The molecule has 2 aromatic heterocycles. The van der Waals surface area contributed by atoms with E-state index in [0.29, 0.717) is 12.8 Å². The Balaban J connectivity index is 0.000000480. The lowest BCUT2D eigenvalue weighted by Crippen LogP contribution is -1.99. The van der Waals surface area contributed by atoms with E-state index in [2.05, 4.69) is 71.1 Å². The third kappa shape index (κ3) is 22.2. The van der Waals surface area contributed by atoms with Gasteiger partial charge in [0.25, 0.3) is 0 Å². The molecule has 0 spiro atoms. The summed E-state index contributed by atoms with van der Waals surface area (Å²) in [6.45, 7) is 4.53. The molecule has 6 nitrogen and oxygen atoms in total. The maximum absolute atomic E-state index is 11.0. The van der Waals surface area contributed by atoms with Crippen molar-refractivity contribution >= 4 is 11.9 Å². The van der Waals surface area contributed by atoms with Gasteiger partial charge in [0.1, 0.15) is 0 Å². The maximum atomic E-state index is 11.0. The summed E-state index contributed by atoms with van der Waals surface area (Å²) in [6.07, 6.45) is 35.6. The monoisotopic (exact) mass is 671 g/mol. The molecule has 0 bridgehead atoms. The van der Waals surface area contributed by atoms with Crippen LogP contribution in [0.1, 0.15) is 178 Å². The number of methoxy groups -OCH3 is 2. The number of aromatic nitrogens is 2. The number of carbonyl (C=O) groups excluding carboxylic acids is 2. The molecule has 2 heterocycles. The second-order valence-corrected chi connectivity index (χ2v) is 13.9. The van der Waals surface area contributed by atoms with Crippen LogP contribution in [0, 0.1) is 0 Å². The first-order valence-electron chi connectivity index (χ1n) is 19.8. The lowest BCUT2D eigenvalue weighted by atomic mass is 10.1. The summed E-state index contributed by atoms with van der Waals surface area (Å²) >= 11 is 0. The van der Waals surface area contributed by atoms with Gasteiger partial charge in [0.05, 0.1) is 14.2 Å². The summed E-state index contributed by atoms with van der Waals surface area (Å²) in [6, 6.07) is 4.81. The number of esters is 2. The molecule has 0 radical (unpaired) electrons. The molecule has 2 aromatic rings. The van der Waals surface area contributed by atoms with Crippen molar-refractivity contribution < 1.29 is 19.1 Å². The van der Waals surface area contributed by atoms with Gasteiger partial charge in [-0.3, -0.25) is 9.59 Å². The summed E-state index contributed by atoms with van der Waals surface area (Å²) in [7, 11) is 7.28. The normalized spacial score (nSPS) is 11.0. The van der Waals surface area contributed by atoms with Gasteiger partial charge >= 0.3 is 11.9 Å². The van der Waals surface area contributed by atoms with Crippen molar-refractivity contribution in [1.29, 1.82) is 0 Å². The van der Waals surface area contributed by atoms with Crippen LogP contribution in [0.2, 0.25) is 0 Å². The number of nitrogens with zero attached hydrogens (tertiary/aromatic N) is 2. The summed E-state index contributed by atoms with van der Waals surface area (Å²) in [4.78, 5) is 22.0. The molecule has 0 fully saturated rings. The van der Waals surface area contributed by atoms with Gasteiger partial charge in [-0.2, -0.15) is 0 Å². The number of ether oxygens (including phenoxy) is 2. The summed E-state index contributed by atoms with van der Waals surface area (Å²) in [5.41, 5.74) is 5.97. The first-order chi connectivity index (χ1) is 23.3. The quantitative estimate of drug-likeness (QED) is 0.0668. The van der Waals surface area contributed by atoms with Gasteiger partial charge in [-0.05, 0) is 87.5 Å². The SMILES string of the molecule is CCCCCCc1cc(CCCCCCCCC(=O)OC)cn1C.CCCCCCc1cc(CCCCCCCCC(=O)OC)n(C)c1. The second kappa shape index (κ2) is 29.4. The molecule has 0 aliphatic rings. The fourth-order valence-electron chi connectivity index (χ4n) is 6.42. The molecule has 276 valence electrons. The molecular weight excluding hydrogens is 596 g/mol. The van der Waals surface area contributed by atoms with Crippen LogP contribution in [0.3, 0.4) is 0 Å². The molecule has 0 aliphatic carbocycles. The van der Waals surface area contributed by atoms with Crippen molar-refractivity contribution in [3.05, 3.63) is 47.0 Å². The van der Waals surface area contributed by atoms with Gasteiger partial charge in [0, 0.05) is 50.7 Å². The minimum absolute atomic E-state index is 0.0791. The molecule has 0 aromatic carbocycles. The highest BCUT2D eigenvalue weighted by molar-refractivity contribution is 5.69. The van der Waals surface area contributed by atoms with Crippen LogP contribution in [0.4, 0.5) is 0 Å². The third-order valence-electron chi connectivity index (χ3n) is 9.55. The largest absolute Gasteiger partial charge is 0.469 e. The number of hydrogen-bond donors (Lipinski definition) is 0. The number of carbonyl (C=O) groups is 2. The molecule has 0 atom stereocenters. The smallest absolute Gasteiger partial charge is 0.305 e. The Labute approximate surface area is 295 Å². The van der Waals surface area contributed by atoms with Crippen LogP contribution in [0.15, 0.2) is 24.5 Å². The lowest BCUT2D eigenvalue weighted by Gasteiger charge is -2.03. The van der Waals surface area contributed by atoms with Crippen LogP contribution in [-0.2, 0) is 58.8 Å². The van der Waals surface area contributed by atoms with Crippen LogP contribution in [-0.4, -0.2) is 35.3 Å². The zero-order chi connectivity index (χ0) is 35.2. The minimum atomic E-state index is -0.0794. The van der Waals surface area contributed by atoms with E-state index < -0.39 is 0 Å². The van der Waals surface area contributed by atoms with E-state index in [1.54, 1.807) is 0 Å². The fourth-order valence-corrected chi connectivity index (χ4v) is 6.42. The number of rotatable bonds is 28. The fraction of sp³-hybridized carbons (Fsp3) is 0.762. The highest BCUT2D eigenvalue weighted by Crippen LogP contribution is 2.17. The van der Waals surface area contributed by atoms with Crippen LogP contribution >= 0.6 is 0 Å². The first-order valence-corrected chi connectivity index (χ1v) is 19.8. The average Bonchev–Trinajstić information content (AvgIpc) is 3.63. The van der Waals surface area contributed by atoms with Crippen molar-refractivity contribution in [2.75, 3.05) is 14.2 Å². The Morgan fingerprint density at radius 3 is 1.15 bits per heavy atom. The zero-order valence-electron chi connectivity index (χ0n) is 32.2. The van der Waals surface area contributed by atoms with E-state index >= 15 is 0 Å².